The molecule has 1 aliphatic rings. The Bertz CT molecular complexity index is 1170. The van der Waals surface area contributed by atoms with E-state index in [1.807, 2.05) is 42.6 Å². The summed E-state index contributed by atoms with van der Waals surface area (Å²) in [5.74, 6) is 0.245. The van der Waals surface area contributed by atoms with Crippen LogP contribution in [0.5, 0.6) is 5.75 Å². The van der Waals surface area contributed by atoms with Crippen molar-refractivity contribution in [1.29, 1.82) is 0 Å². The molecule has 1 aliphatic carbocycles. The average Bonchev–Trinajstić information content (AvgIpc) is 3.32. The highest BCUT2D eigenvalue weighted by Gasteiger charge is 2.32. The number of primary amides is 1. The Labute approximate surface area is 189 Å². The number of nitrogens with two attached hydrogens (primary N) is 1. The number of amides is 1. The van der Waals surface area contributed by atoms with Crippen LogP contribution in [0.2, 0.25) is 0 Å². The van der Waals surface area contributed by atoms with Crippen LogP contribution in [0.4, 0.5) is 0 Å². The van der Waals surface area contributed by atoms with E-state index in [2.05, 4.69) is 25.9 Å². The highest BCUT2D eigenvalue weighted by Crippen LogP contribution is 2.49. The van der Waals surface area contributed by atoms with Crippen LogP contribution < -0.4 is 10.5 Å². The molecule has 1 aromatic heterocycles. The number of fused-ring (bicyclic) bond motifs is 3. The molecule has 0 saturated carbocycles. The zero-order valence-corrected chi connectivity index (χ0v) is 19.3. The maximum absolute atomic E-state index is 11.9. The number of rotatable bonds is 6. The fraction of sp³-hybridized carbons (Fsp3) is 0.385. The number of benzene rings is 2. The van der Waals surface area contributed by atoms with Gasteiger partial charge in [0.15, 0.2) is 0 Å². The first-order valence-corrected chi connectivity index (χ1v) is 10.9. The number of ether oxygens (including phenoxy) is 1. The van der Waals surface area contributed by atoms with Crippen LogP contribution in [0.3, 0.4) is 0 Å². The van der Waals surface area contributed by atoms with Crippen LogP contribution in [0.1, 0.15) is 58.3 Å². The molecule has 1 atom stereocenters. The van der Waals surface area contributed by atoms with Crippen molar-refractivity contribution >= 4 is 5.91 Å². The molecule has 1 heterocycles. The number of carbonyl (C=O) groups is 1. The highest BCUT2D eigenvalue weighted by atomic mass is 16.5. The molecule has 2 aromatic carbocycles. The largest absolute Gasteiger partial charge is 0.494 e. The molecule has 6 nitrogen and oxygen atoms in total. The summed E-state index contributed by atoms with van der Waals surface area (Å²) in [7, 11) is 0. The van der Waals surface area contributed by atoms with Gasteiger partial charge in [0.25, 0.3) is 0 Å². The van der Waals surface area contributed by atoms with Crippen LogP contribution in [-0.2, 0) is 10.3 Å². The summed E-state index contributed by atoms with van der Waals surface area (Å²) in [6.07, 6.45) is 3.75. The second kappa shape index (κ2) is 7.78. The van der Waals surface area contributed by atoms with Crippen molar-refractivity contribution < 1.29 is 14.6 Å². The topological polar surface area (TPSA) is 90.4 Å². The molecule has 32 heavy (non-hydrogen) atoms. The summed E-state index contributed by atoms with van der Waals surface area (Å²) in [5, 5.41) is 15.5. The Morgan fingerprint density at radius 1 is 1.12 bits per heavy atom. The molecule has 3 aromatic rings. The number of aliphatic hydroxyl groups excluding tert-OH is 1. The molecule has 4 rings (SSSR count). The van der Waals surface area contributed by atoms with Gasteiger partial charge in [-0.3, -0.25) is 9.48 Å². The van der Waals surface area contributed by atoms with Crippen LogP contribution >= 0.6 is 0 Å². The zero-order chi connectivity index (χ0) is 23.3. The minimum Gasteiger partial charge on any atom is -0.494 e. The van der Waals surface area contributed by atoms with Gasteiger partial charge in [0.1, 0.15) is 17.4 Å². The predicted molar refractivity (Wildman–Crippen MR) is 125 cm³/mol. The SMILES string of the molecule is CC(C)(C)CCOc1cc(-c2cnn(C(C)(C)C(N)=O)c2)c2c(c1)C(O)c1ccccc1-2. The zero-order valence-electron chi connectivity index (χ0n) is 19.3. The molecule has 0 radical (unpaired) electrons. The molecule has 1 amide bonds. The van der Waals surface area contributed by atoms with Gasteiger partial charge in [-0.25, -0.2) is 0 Å². The van der Waals surface area contributed by atoms with E-state index in [0.717, 1.165) is 39.8 Å². The lowest BCUT2D eigenvalue weighted by Gasteiger charge is -2.21. The standard InChI is InChI=1S/C26H31N3O3/c1-25(2,3)10-11-32-17-12-20(16-14-28-29(15-16)26(4,5)24(27)31)22-18-8-6-7-9-19(18)23(30)21(22)13-17/h6-9,12-15,23,30H,10-11H2,1-5H3,(H2,27,31). The lowest BCUT2D eigenvalue weighted by Crippen LogP contribution is -2.41. The van der Waals surface area contributed by atoms with Crippen LogP contribution in [-0.4, -0.2) is 27.4 Å². The van der Waals surface area contributed by atoms with Gasteiger partial charge < -0.3 is 15.6 Å². The minimum absolute atomic E-state index is 0.163. The van der Waals surface area contributed by atoms with Gasteiger partial charge in [-0.15, -0.1) is 0 Å². The van der Waals surface area contributed by atoms with Crippen molar-refractivity contribution in [2.24, 2.45) is 11.1 Å². The number of aromatic nitrogens is 2. The van der Waals surface area contributed by atoms with Crippen molar-refractivity contribution in [2.75, 3.05) is 6.61 Å². The Hall–Kier alpha value is -3.12. The first kappa shape index (κ1) is 22.1. The fourth-order valence-electron chi connectivity index (χ4n) is 3.95. The number of aliphatic hydroxyl groups is 1. The van der Waals surface area contributed by atoms with Crippen LogP contribution in [0.25, 0.3) is 22.3 Å². The van der Waals surface area contributed by atoms with Crippen molar-refractivity contribution in [2.45, 2.75) is 52.7 Å². The molecule has 6 heteroatoms. The molecular formula is C26H31N3O3. The Morgan fingerprint density at radius 2 is 1.84 bits per heavy atom. The summed E-state index contributed by atoms with van der Waals surface area (Å²) >= 11 is 0. The molecule has 0 fully saturated rings. The van der Waals surface area contributed by atoms with Crippen molar-refractivity contribution in [3.05, 3.63) is 59.9 Å². The van der Waals surface area contributed by atoms with E-state index in [1.165, 1.54) is 0 Å². The van der Waals surface area contributed by atoms with E-state index < -0.39 is 17.6 Å². The van der Waals surface area contributed by atoms with Gasteiger partial charge in [0.05, 0.1) is 12.8 Å². The highest BCUT2D eigenvalue weighted by molar-refractivity contribution is 5.92. The molecule has 3 N–H and O–H groups in total. The Balaban J connectivity index is 1.82. The maximum Gasteiger partial charge on any atom is 0.244 e. The minimum atomic E-state index is -0.959. The number of hydrogen-bond acceptors (Lipinski definition) is 4. The molecular weight excluding hydrogens is 402 g/mol. The van der Waals surface area contributed by atoms with Crippen molar-refractivity contribution in [3.8, 4) is 28.0 Å². The lowest BCUT2D eigenvalue weighted by atomic mass is 9.93. The summed E-state index contributed by atoms with van der Waals surface area (Å²) in [6.45, 7) is 10.6. The van der Waals surface area contributed by atoms with Gasteiger partial charge in [-0.1, -0.05) is 45.0 Å². The molecule has 0 aliphatic heterocycles. The van der Waals surface area contributed by atoms with E-state index in [0.29, 0.717) is 12.4 Å². The van der Waals surface area contributed by atoms with Crippen LogP contribution in [0.15, 0.2) is 48.8 Å². The second-order valence-electron chi connectivity index (χ2n) is 10.2. The van der Waals surface area contributed by atoms with E-state index in [9.17, 15) is 9.90 Å². The average molecular weight is 434 g/mol. The molecule has 0 saturated heterocycles. The van der Waals surface area contributed by atoms with Crippen molar-refractivity contribution in [1.82, 2.24) is 9.78 Å². The number of hydrogen-bond donors (Lipinski definition) is 2. The Kier molecular flexibility index (Phi) is 5.37. The van der Waals surface area contributed by atoms with Crippen LogP contribution in [0, 0.1) is 5.41 Å². The molecule has 168 valence electrons. The number of nitrogens with zero attached hydrogens (tertiary/aromatic N) is 2. The molecule has 0 spiro atoms. The Morgan fingerprint density at radius 3 is 2.53 bits per heavy atom. The summed E-state index contributed by atoms with van der Waals surface area (Å²) in [4.78, 5) is 11.9. The normalized spacial score (nSPS) is 15.4. The third kappa shape index (κ3) is 3.91. The monoisotopic (exact) mass is 433 g/mol. The van der Waals surface area contributed by atoms with E-state index in [1.54, 1.807) is 24.7 Å². The quantitative estimate of drug-likeness (QED) is 0.592. The number of carbonyl (C=O) groups excluding carboxylic acids is 1. The van der Waals surface area contributed by atoms with Gasteiger partial charge in [-0.2, -0.15) is 5.10 Å². The van der Waals surface area contributed by atoms with Gasteiger partial charge >= 0.3 is 0 Å². The summed E-state index contributed by atoms with van der Waals surface area (Å²) in [5.41, 5.74) is 10.2. The fourth-order valence-corrected chi connectivity index (χ4v) is 3.95. The predicted octanol–water partition coefficient (Wildman–Crippen LogP) is 4.65. The van der Waals surface area contributed by atoms with E-state index >= 15 is 0 Å². The van der Waals surface area contributed by atoms with Gasteiger partial charge in [0, 0.05) is 11.8 Å². The third-order valence-corrected chi connectivity index (χ3v) is 6.15. The second-order valence-corrected chi connectivity index (χ2v) is 10.2. The smallest absolute Gasteiger partial charge is 0.244 e. The van der Waals surface area contributed by atoms with Crippen molar-refractivity contribution in [3.63, 3.8) is 0 Å². The van der Waals surface area contributed by atoms with E-state index in [-0.39, 0.29) is 5.41 Å². The maximum atomic E-state index is 11.9. The lowest BCUT2D eigenvalue weighted by molar-refractivity contribution is -0.125. The van der Waals surface area contributed by atoms with Gasteiger partial charge in [0.2, 0.25) is 5.91 Å². The van der Waals surface area contributed by atoms with Gasteiger partial charge in [-0.05, 0) is 65.6 Å². The first-order chi connectivity index (χ1) is 15.0. The van der Waals surface area contributed by atoms with E-state index in [4.69, 9.17) is 10.5 Å². The third-order valence-electron chi connectivity index (χ3n) is 6.15. The molecule has 1 unspecified atom stereocenters. The summed E-state index contributed by atoms with van der Waals surface area (Å²) < 4.78 is 7.70. The molecule has 0 bridgehead atoms. The first-order valence-electron chi connectivity index (χ1n) is 10.9. The summed E-state index contributed by atoms with van der Waals surface area (Å²) in [6, 6.07) is 11.8.